The molecule has 0 aliphatic rings. The Morgan fingerprint density at radius 2 is 2.06 bits per heavy atom. The van der Waals surface area contributed by atoms with Gasteiger partial charge in [0.2, 0.25) is 0 Å². The molecule has 0 aromatic carbocycles. The van der Waals surface area contributed by atoms with Gasteiger partial charge in [0.25, 0.3) is 0 Å². The first kappa shape index (κ1) is 11.4. The highest BCUT2D eigenvalue weighted by atomic mass is 32.1. The predicted octanol–water partition coefficient (Wildman–Crippen LogP) is 3.51. The van der Waals surface area contributed by atoms with E-state index in [0.29, 0.717) is 0 Å². The lowest BCUT2D eigenvalue weighted by molar-refractivity contribution is 0.509. The molecule has 0 spiro atoms. The van der Waals surface area contributed by atoms with Crippen molar-refractivity contribution in [3.63, 3.8) is 0 Å². The van der Waals surface area contributed by atoms with Crippen molar-refractivity contribution >= 4 is 11.3 Å². The molecule has 16 heavy (non-hydrogen) atoms. The molecule has 0 fully saturated rings. The summed E-state index contributed by atoms with van der Waals surface area (Å²) >= 11 is 1.79. The van der Waals surface area contributed by atoms with E-state index in [4.69, 9.17) is 10.2 Å². The van der Waals surface area contributed by atoms with Gasteiger partial charge in [-0.2, -0.15) is 0 Å². The van der Waals surface area contributed by atoms with Gasteiger partial charge in [-0.25, -0.2) is 0 Å². The van der Waals surface area contributed by atoms with Crippen LogP contribution in [0.1, 0.15) is 41.0 Å². The molecule has 2 rings (SSSR count). The number of nitrogens with two attached hydrogens (primary N) is 1. The highest BCUT2D eigenvalue weighted by Crippen LogP contribution is 2.29. The Kier molecular flexibility index (Phi) is 3.46. The summed E-state index contributed by atoms with van der Waals surface area (Å²) in [6.07, 6.45) is 3.69. The fourth-order valence-electron chi connectivity index (χ4n) is 1.82. The van der Waals surface area contributed by atoms with Crippen LogP contribution >= 0.6 is 11.3 Å². The molecule has 1 unspecified atom stereocenters. The van der Waals surface area contributed by atoms with E-state index in [-0.39, 0.29) is 6.04 Å². The van der Waals surface area contributed by atoms with Gasteiger partial charge in [-0.05, 0) is 24.6 Å². The van der Waals surface area contributed by atoms with E-state index >= 15 is 0 Å². The molecule has 86 valence electrons. The maximum absolute atomic E-state index is 6.26. The van der Waals surface area contributed by atoms with Crippen LogP contribution in [-0.4, -0.2) is 0 Å². The van der Waals surface area contributed by atoms with Crippen molar-refractivity contribution < 1.29 is 4.42 Å². The maximum Gasteiger partial charge on any atom is 0.108 e. The van der Waals surface area contributed by atoms with Crippen molar-refractivity contribution in [2.45, 2.75) is 32.7 Å². The van der Waals surface area contributed by atoms with Gasteiger partial charge in [-0.15, -0.1) is 11.3 Å². The topological polar surface area (TPSA) is 39.2 Å². The molecule has 2 aromatic heterocycles. The van der Waals surface area contributed by atoms with E-state index in [1.807, 2.05) is 6.07 Å². The van der Waals surface area contributed by atoms with E-state index in [1.165, 1.54) is 9.75 Å². The number of hydrogen-bond acceptors (Lipinski definition) is 3. The normalized spacial score (nSPS) is 12.9. The summed E-state index contributed by atoms with van der Waals surface area (Å²) in [4.78, 5) is 2.60. The minimum Gasteiger partial charge on any atom is -0.469 e. The van der Waals surface area contributed by atoms with Gasteiger partial charge in [-0.1, -0.05) is 13.8 Å². The maximum atomic E-state index is 6.26. The Labute approximate surface area is 100 Å². The molecule has 0 amide bonds. The van der Waals surface area contributed by atoms with Crippen LogP contribution in [0.3, 0.4) is 0 Å². The van der Waals surface area contributed by atoms with Gasteiger partial charge in [-0.3, -0.25) is 0 Å². The average molecular weight is 235 g/mol. The number of thiophene rings is 1. The van der Waals surface area contributed by atoms with Crippen LogP contribution in [0.4, 0.5) is 0 Å². The fourth-order valence-corrected chi connectivity index (χ4v) is 2.79. The fraction of sp³-hybridized carbons (Fsp3) is 0.385. The van der Waals surface area contributed by atoms with Gasteiger partial charge in [0.1, 0.15) is 5.76 Å². The smallest absolute Gasteiger partial charge is 0.108 e. The molecule has 2 aromatic rings. The Bertz CT molecular complexity index is 458. The molecule has 0 bridgehead atoms. The monoisotopic (exact) mass is 235 g/mol. The third-order valence-corrected chi connectivity index (χ3v) is 4.09. The van der Waals surface area contributed by atoms with E-state index in [0.717, 1.165) is 24.2 Å². The molecule has 3 heteroatoms. The lowest BCUT2D eigenvalue weighted by Gasteiger charge is -2.08. The Morgan fingerprint density at radius 1 is 1.25 bits per heavy atom. The van der Waals surface area contributed by atoms with Crippen LogP contribution in [0.25, 0.3) is 0 Å². The standard InChI is InChI=1S/C13H17NOS/c1-3-9-5-6-12(16-9)13(14)10-7-8-15-11(10)4-2/h5-8,13H,3-4,14H2,1-2H3. The highest BCUT2D eigenvalue weighted by Gasteiger charge is 2.16. The average Bonchev–Trinajstić information content (AvgIpc) is 2.96. The number of rotatable bonds is 4. The number of aryl methyl sites for hydroxylation is 2. The summed E-state index contributed by atoms with van der Waals surface area (Å²) in [6.45, 7) is 4.25. The Balaban J connectivity index is 2.27. The SMILES string of the molecule is CCc1ccc(C(N)c2ccoc2CC)s1. The van der Waals surface area contributed by atoms with Gasteiger partial charge >= 0.3 is 0 Å². The number of hydrogen-bond donors (Lipinski definition) is 1. The third-order valence-electron chi connectivity index (χ3n) is 2.77. The largest absolute Gasteiger partial charge is 0.469 e. The molecular weight excluding hydrogens is 218 g/mol. The van der Waals surface area contributed by atoms with Crippen molar-refractivity contribution in [1.82, 2.24) is 0 Å². The summed E-state index contributed by atoms with van der Waals surface area (Å²) in [5, 5.41) is 0. The second-order valence-electron chi connectivity index (χ2n) is 3.79. The van der Waals surface area contributed by atoms with Crippen molar-refractivity contribution in [3.05, 3.63) is 45.5 Å². The molecule has 0 saturated heterocycles. The summed E-state index contributed by atoms with van der Waals surface area (Å²) < 4.78 is 5.41. The zero-order valence-corrected chi connectivity index (χ0v) is 10.5. The molecule has 1 atom stereocenters. The van der Waals surface area contributed by atoms with Gasteiger partial charge in [0, 0.05) is 21.7 Å². The number of furan rings is 1. The van der Waals surface area contributed by atoms with Crippen LogP contribution in [0.5, 0.6) is 0 Å². The van der Waals surface area contributed by atoms with Gasteiger partial charge < -0.3 is 10.2 Å². The molecule has 0 aliphatic heterocycles. The molecule has 2 nitrogen and oxygen atoms in total. The lowest BCUT2D eigenvalue weighted by Crippen LogP contribution is -2.10. The summed E-state index contributed by atoms with van der Waals surface area (Å²) in [7, 11) is 0. The minimum atomic E-state index is -0.0426. The molecular formula is C13H17NOS. The first-order valence-corrected chi connectivity index (χ1v) is 6.48. The first-order valence-electron chi connectivity index (χ1n) is 5.66. The molecule has 0 radical (unpaired) electrons. The van der Waals surface area contributed by atoms with E-state index in [2.05, 4.69) is 26.0 Å². The van der Waals surface area contributed by atoms with Gasteiger partial charge in [0.15, 0.2) is 0 Å². The van der Waals surface area contributed by atoms with E-state index in [1.54, 1.807) is 17.6 Å². The lowest BCUT2D eigenvalue weighted by atomic mass is 10.1. The second kappa shape index (κ2) is 4.85. The highest BCUT2D eigenvalue weighted by molar-refractivity contribution is 7.12. The van der Waals surface area contributed by atoms with E-state index < -0.39 is 0 Å². The van der Waals surface area contributed by atoms with Crippen LogP contribution in [0, 0.1) is 0 Å². The molecule has 2 N–H and O–H groups in total. The van der Waals surface area contributed by atoms with Crippen molar-refractivity contribution in [1.29, 1.82) is 0 Å². The summed E-state index contributed by atoms with van der Waals surface area (Å²) in [5.41, 5.74) is 7.37. The Hall–Kier alpha value is -1.06. The summed E-state index contributed by atoms with van der Waals surface area (Å²) in [5.74, 6) is 0.999. The van der Waals surface area contributed by atoms with E-state index in [9.17, 15) is 0 Å². The van der Waals surface area contributed by atoms with Crippen LogP contribution < -0.4 is 5.73 Å². The zero-order chi connectivity index (χ0) is 11.5. The van der Waals surface area contributed by atoms with Crippen molar-refractivity contribution in [3.8, 4) is 0 Å². The zero-order valence-electron chi connectivity index (χ0n) is 9.69. The van der Waals surface area contributed by atoms with Crippen LogP contribution in [0.15, 0.2) is 28.9 Å². The predicted molar refractivity (Wildman–Crippen MR) is 67.8 cm³/mol. The van der Waals surface area contributed by atoms with Crippen LogP contribution in [0.2, 0.25) is 0 Å². The Morgan fingerprint density at radius 3 is 2.69 bits per heavy atom. The summed E-state index contributed by atoms with van der Waals surface area (Å²) in [6, 6.07) is 6.22. The van der Waals surface area contributed by atoms with Gasteiger partial charge in [0.05, 0.1) is 12.3 Å². The molecule has 2 heterocycles. The molecule has 0 aliphatic carbocycles. The quantitative estimate of drug-likeness (QED) is 0.880. The first-order chi connectivity index (χ1) is 7.76. The minimum absolute atomic E-state index is 0.0426. The third kappa shape index (κ3) is 2.06. The van der Waals surface area contributed by atoms with Crippen molar-refractivity contribution in [2.75, 3.05) is 0 Å². The second-order valence-corrected chi connectivity index (χ2v) is 4.99. The van der Waals surface area contributed by atoms with Crippen LogP contribution in [-0.2, 0) is 12.8 Å². The molecule has 0 saturated carbocycles. The van der Waals surface area contributed by atoms with Crippen molar-refractivity contribution in [2.24, 2.45) is 5.73 Å².